The average Bonchev–Trinajstić information content (AvgIpc) is 2.01. The number of hydrogen-bond acceptors (Lipinski definition) is 2. The molecule has 0 aromatic heterocycles. The Morgan fingerprint density at radius 3 is 2.27 bits per heavy atom. The molecular formula is C9H22N2. The second-order valence-electron chi connectivity index (χ2n) is 3.43. The van der Waals surface area contributed by atoms with Gasteiger partial charge in [-0.15, -0.1) is 0 Å². The molecule has 0 radical (unpaired) electrons. The second-order valence-corrected chi connectivity index (χ2v) is 3.43. The van der Waals surface area contributed by atoms with Gasteiger partial charge in [-0.25, -0.2) is 0 Å². The van der Waals surface area contributed by atoms with Crippen LogP contribution < -0.4 is 11.5 Å². The molecule has 2 nitrogen and oxygen atoms in total. The van der Waals surface area contributed by atoms with Gasteiger partial charge in [-0.2, -0.15) is 0 Å². The summed E-state index contributed by atoms with van der Waals surface area (Å²) in [6.45, 7) is 6.09. The zero-order valence-corrected chi connectivity index (χ0v) is 7.84. The minimum Gasteiger partial charge on any atom is -0.330 e. The zero-order chi connectivity index (χ0) is 8.69. The van der Waals surface area contributed by atoms with Crippen molar-refractivity contribution in [1.82, 2.24) is 0 Å². The highest BCUT2D eigenvalue weighted by atomic mass is 14.5. The topological polar surface area (TPSA) is 52.0 Å². The first-order chi connectivity index (χ1) is 5.24. The summed E-state index contributed by atoms with van der Waals surface area (Å²) < 4.78 is 0. The molecule has 0 rings (SSSR count). The smallest absolute Gasteiger partial charge is 0.00489 e. The Labute approximate surface area is 70.3 Å². The maximum absolute atomic E-state index is 5.60. The van der Waals surface area contributed by atoms with Gasteiger partial charge in [-0.05, 0) is 37.8 Å². The summed E-state index contributed by atoms with van der Waals surface area (Å²) in [7, 11) is 0. The van der Waals surface area contributed by atoms with Crippen LogP contribution in [0.1, 0.15) is 33.1 Å². The van der Waals surface area contributed by atoms with Crippen LogP contribution >= 0.6 is 0 Å². The molecule has 0 bridgehead atoms. The Balaban J connectivity index is 3.44. The van der Waals surface area contributed by atoms with Crippen molar-refractivity contribution < 1.29 is 0 Å². The third-order valence-corrected chi connectivity index (χ3v) is 2.31. The lowest BCUT2D eigenvalue weighted by Crippen LogP contribution is -2.17. The lowest BCUT2D eigenvalue weighted by atomic mass is 9.92. The van der Waals surface area contributed by atoms with Gasteiger partial charge in [0.25, 0.3) is 0 Å². The second kappa shape index (κ2) is 6.62. The van der Waals surface area contributed by atoms with E-state index in [9.17, 15) is 0 Å². The van der Waals surface area contributed by atoms with E-state index in [1.165, 1.54) is 12.8 Å². The van der Waals surface area contributed by atoms with Crippen LogP contribution in [0.3, 0.4) is 0 Å². The maximum Gasteiger partial charge on any atom is -0.00489 e. The van der Waals surface area contributed by atoms with Crippen molar-refractivity contribution in [2.24, 2.45) is 23.3 Å². The van der Waals surface area contributed by atoms with E-state index in [4.69, 9.17) is 11.5 Å². The molecule has 2 heteroatoms. The Hall–Kier alpha value is -0.0800. The number of nitrogens with two attached hydrogens (primary N) is 2. The molecule has 11 heavy (non-hydrogen) atoms. The molecule has 68 valence electrons. The average molecular weight is 158 g/mol. The van der Waals surface area contributed by atoms with E-state index in [1.807, 2.05) is 0 Å². The van der Waals surface area contributed by atoms with Gasteiger partial charge in [0.05, 0.1) is 0 Å². The summed E-state index contributed by atoms with van der Waals surface area (Å²) in [6.07, 6.45) is 3.58. The molecule has 0 fully saturated rings. The van der Waals surface area contributed by atoms with Crippen LogP contribution in [0.4, 0.5) is 0 Å². The van der Waals surface area contributed by atoms with Crippen molar-refractivity contribution in [3.05, 3.63) is 0 Å². The standard InChI is InChI=1S/C9H22N2/c1-3-9(7-11)6-8(2)4-5-10/h8-9H,3-7,10-11H2,1-2H3. The van der Waals surface area contributed by atoms with Gasteiger partial charge in [-0.3, -0.25) is 0 Å². The molecule has 2 unspecified atom stereocenters. The van der Waals surface area contributed by atoms with Gasteiger partial charge in [-0.1, -0.05) is 20.3 Å². The Bertz CT molecular complexity index is 79.6. The van der Waals surface area contributed by atoms with Crippen LogP contribution in [-0.4, -0.2) is 13.1 Å². The van der Waals surface area contributed by atoms with Crippen molar-refractivity contribution >= 4 is 0 Å². The minimum atomic E-state index is 0.705. The molecule has 0 heterocycles. The zero-order valence-electron chi connectivity index (χ0n) is 7.84. The molecule has 0 spiro atoms. The molecule has 0 amide bonds. The molecule has 0 aliphatic carbocycles. The Morgan fingerprint density at radius 1 is 1.27 bits per heavy atom. The van der Waals surface area contributed by atoms with Gasteiger partial charge in [0.15, 0.2) is 0 Å². The lowest BCUT2D eigenvalue weighted by Gasteiger charge is -2.16. The van der Waals surface area contributed by atoms with E-state index < -0.39 is 0 Å². The summed E-state index contributed by atoms with van der Waals surface area (Å²) in [5.41, 5.74) is 11.1. The highest BCUT2D eigenvalue weighted by molar-refractivity contribution is 4.63. The molecule has 0 saturated heterocycles. The van der Waals surface area contributed by atoms with E-state index in [1.54, 1.807) is 0 Å². The fourth-order valence-electron chi connectivity index (χ4n) is 1.40. The van der Waals surface area contributed by atoms with E-state index in [2.05, 4.69) is 13.8 Å². The molecule has 2 atom stereocenters. The van der Waals surface area contributed by atoms with E-state index in [-0.39, 0.29) is 0 Å². The normalized spacial score (nSPS) is 16.4. The molecule has 0 aliphatic rings. The van der Waals surface area contributed by atoms with Crippen molar-refractivity contribution in [3.8, 4) is 0 Å². The fourth-order valence-corrected chi connectivity index (χ4v) is 1.40. The Morgan fingerprint density at radius 2 is 1.91 bits per heavy atom. The van der Waals surface area contributed by atoms with Crippen LogP contribution in [0.2, 0.25) is 0 Å². The third-order valence-electron chi connectivity index (χ3n) is 2.31. The first-order valence-corrected chi connectivity index (χ1v) is 4.64. The van der Waals surface area contributed by atoms with E-state index in [0.717, 1.165) is 25.4 Å². The summed E-state index contributed by atoms with van der Waals surface area (Å²) in [5.74, 6) is 1.45. The molecule has 0 saturated carbocycles. The van der Waals surface area contributed by atoms with Crippen LogP contribution in [0.25, 0.3) is 0 Å². The minimum absolute atomic E-state index is 0.705. The highest BCUT2D eigenvalue weighted by Crippen LogP contribution is 2.16. The SMILES string of the molecule is CCC(CN)CC(C)CCN. The van der Waals surface area contributed by atoms with Gasteiger partial charge in [0, 0.05) is 0 Å². The van der Waals surface area contributed by atoms with Gasteiger partial charge >= 0.3 is 0 Å². The van der Waals surface area contributed by atoms with Crippen LogP contribution in [0.15, 0.2) is 0 Å². The first-order valence-electron chi connectivity index (χ1n) is 4.64. The number of hydrogen-bond donors (Lipinski definition) is 2. The number of rotatable bonds is 6. The van der Waals surface area contributed by atoms with Crippen molar-refractivity contribution in [3.63, 3.8) is 0 Å². The van der Waals surface area contributed by atoms with Gasteiger partial charge < -0.3 is 11.5 Å². The van der Waals surface area contributed by atoms with Crippen molar-refractivity contribution in [2.75, 3.05) is 13.1 Å². The van der Waals surface area contributed by atoms with Gasteiger partial charge in [0.2, 0.25) is 0 Å². The summed E-state index contributed by atoms with van der Waals surface area (Å²) in [4.78, 5) is 0. The fraction of sp³-hybridized carbons (Fsp3) is 1.00. The largest absolute Gasteiger partial charge is 0.330 e. The van der Waals surface area contributed by atoms with Crippen LogP contribution in [-0.2, 0) is 0 Å². The van der Waals surface area contributed by atoms with E-state index >= 15 is 0 Å². The highest BCUT2D eigenvalue weighted by Gasteiger charge is 2.08. The third kappa shape index (κ3) is 5.22. The quantitative estimate of drug-likeness (QED) is 0.613. The molecule has 0 aromatic rings. The van der Waals surface area contributed by atoms with Gasteiger partial charge in [0.1, 0.15) is 0 Å². The summed E-state index contributed by atoms with van der Waals surface area (Å²) in [6, 6.07) is 0. The van der Waals surface area contributed by atoms with Crippen molar-refractivity contribution in [1.29, 1.82) is 0 Å². The molecule has 0 aromatic carbocycles. The van der Waals surface area contributed by atoms with Crippen LogP contribution in [0.5, 0.6) is 0 Å². The van der Waals surface area contributed by atoms with Crippen molar-refractivity contribution in [2.45, 2.75) is 33.1 Å². The molecular weight excluding hydrogens is 136 g/mol. The monoisotopic (exact) mass is 158 g/mol. The van der Waals surface area contributed by atoms with Crippen LogP contribution in [0, 0.1) is 11.8 Å². The summed E-state index contributed by atoms with van der Waals surface area (Å²) >= 11 is 0. The first kappa shape index (κ1) is 10.9. The Kier molecular flexibility index (Phi) is 6.57. The molecule has 0 aliphatic heterocycles. The predicted molar refractivity (Wildman–Crippen MR) is 50.3 cm³/mol. The summed E-state index contributed by atoms with van der Waals surface area (Å²) in [5, 5.41) is 0. The predicted octanol–water partition coefficient (Wildman–Crippen LogP) is 1.35. The maximum atomic E-state index is 5.60. The van der Waals surface area contributed by atoms with E-state index in [0.29, 0.717) is 5.92 Å². The molecule has 4 N–H and O–H groups in total. The lowest BCUT2D eigenvalue weighted by molar-refractivity contribution is 0.374.